The molecule has 2 fully saturated rings. The number of aryl methyl sites for hydroxylation is 1. The first kappa shape index (κ1) is 23.7. The molecule has 0 unspecified atom stereocenters. The first-order chi connectivity index (χ1) is 18.8. The number of nitrogens with zero attached hydrogens (tertiary/aromatic N) is 1. The number of ether oxygens (including phenoxy) is 1. The maximum absolute atomic E-state index is 14.3. The molecule has 0 bridgehead atoms. The predicted molar refractivity (Wildman–Crippen MR) is 148 cm³/mol. The van der Waals surface area contributed by atoms with E-state index in [4.69, 9.17) is 4.74 Å². The third-order valence-corrected chi connectivity index (χ3v) is 8.85. The molecule has 3 aliphatic rings. The lowest BCUT2D eigenvalue weighted by Gasteiger charge is -2.29. The number of imide groups is 1. The number of aromatic amines is 1. The van der Waals surface area contributed by atoms with Crippen molar-refractivity contribution in [1.82, 2.24) is 10.3 Å². The fraction of sp³-hybridized carbons (Fsp3) is 0.258. The van der Waals surface area contributed by atoms with E-state index < -0.39 is 23.4 Å². The lowest BCUT2D eigenvalue weighted by atomic mass is 9.75. The molecule has 0 aliphatic carbocycles. The van der Waals surface area contributed by atoms with Gasteiger partial charge in [-0.3, -0.25) is 19.7 Å². The fourth-order valence-corrected chi connectivity index (χ4v) is 6.84. The Kier molecular flexibility index (Phi) is 5.03. The van der Waals surface area contributed by atoms with Gasteiger partial charge in [0, 0.05) is 40.5 Å². The van der Waals surface area contributed by atoms with E-state index in [0.717, 1.165) is 38.8 Å². The highest BCUT2D eigenvalue weighted by atomic mass is 16.5. The van der Waals surface area contributed by atoms with Gasteiger partial charge in [0.15, 0.2) is 0 Å². The van der Waals surface area contributed by atoms with Gasteiger partial charge in [0.05, 0.1) is 24.6 Å². The molecular weight excluding hydrogens is 492 g/mol. The molecule has 4 atom stereocenters. The summed E-state index contributed by atoms with van der Waals surface area (Å²) in [7, 11) is 1.54. The van der Waals surface area contributed by atoms with Gasteiger partial charge in [0.2, 0.25) is 17.7 Å². The number of hydrogen-bond donors (Lipinski definition) is 3. The number of anilines is 2. The maximum atomic E-state index is 14.3. The van der Waals surface area contributed by atoms with Crippen LogP contribution in [0, 0.1) is 25.7 Å². The SMILES string of the molecule is COc1cccc(N2C(=O)[C@@H]3[C@H](Cc4c[nH]c5ccccc45)N[C@@]4(C(=O)Nc5c4ccc(C)c5C)[C@@H]3C2=O)c1. The second kappa shape index (κ2) is 8.28. The zero-order valence-corrected chi connectivity index (χ0v) is 21.9. The van der Waals surface area contributed by atoms with E-state index in [9.17, 15) is 14.4 Å². The van der Waals surface area contributed by atoms with Gasteiger partial charge in [-0.15, -0.1) is 0 Å². The number of fused-ring (bicyclic) bond motifs is 5. The van der Waals surface area contributed by atoms with Crippen LogP contribution in [0.1, 0.15) is 22.3 Å². The van der Waals surface area contributed by atoms with E-state index in [1.54, 1.807) is 31.4 Å². The summed E-state index contributed by atoms with van der Waals surface area (Å²) in [6, 6.07) is 18.4. The van der Waals surface area contributed by atoms with E-state index in [-0.39, 0.29) is 17.7 Å². The summed E-state index contributed by atoms with van der Waals surface area (Å²) >= 11 is 0. The molecule has 3 aromatic carbocycles. The number of rotatable bonds is 4. The van der Waals surface area contributed by atoms with Crippen molar-refractivity contribution in [2.75, 3.05) is 17.3 Å². The highest BCUT2D eigenvalue weighted by Gasteiger charge is 2.70. The Hall–Kier alpha value is -4.43. The van der Waals surface area contributed by atoms with Crippen molar-refractivity contribution in [3.63, 3.8) is 0 Å². The van der Waals surface area contributed by atoms with Crippen LogP contribution in [-0.2, 0) is 26.3 Å². The summed E-state index contributed by atoms with van der Waals surface area (Å²) in [4.78, 5) is 46.9. The van der Waals surface area contributed by atoms with Crippen molar-refractivity contribution in [2.45, 2.75) is 31.8 Å². The highest BCUT2D eigenvalue weighted by Crippen LogP contribution is 2.55. The largest absolute Gasteiger partial charge is 0.497 e. The molecule has 2 saturated heterocycles. The normalized spacial score (nSPS) is 25.5. The van der Waals surface area contributed by atoms with Crippen molar-refractivity contribution in [1.29, 1.82) is 0 Å². The number of H-pyrrole nitrogens is 1. The molecule has 8 heteroatoms. The zero-order chi connectivity index (χ0) is 27.1. The van der Waals surface area contributed by atoms with E-state index >= 15 is 0 Å². The highest BCUT2D eigenvalue weighted by molar-refractivity contribution is 6.26. The van der Waals surface area contributed by atoms with Gasteiger partial charge in [-0.25, -0.2) is 4.90 Å². The van der Waals surface area contributed by atoms with Crippen molar-refractivity contribution < 1.29 is 19.1 Å². The van der Waals surface area contributed by atoms with Crippen LogP contribution in [0.25, 0.3) is 10.9 Å². The van der Waals surface area contributed by atoms with Crippen LogP contribution >= 0.6 is 0 Å². The lowest BCUT2D eigenvalue weighted by Crippen LogP contribution is -2.53. The molecule has 3 aliphatic heterocycles. The zero-order valence-electron chi connectivity index (χ0n) is 21.9. The minimum Gasteiger partial charge on any atom is -0.497 e. The minimum absolute atomic E-state index is 0.295. The summed E-state index contributed by atoms with van der Waals surface area (Å²) in [6.45, 7) is 3.96. The van der Waals surface area contributed by atoms with Gasteiger partial charge in [-0.05, 0) is 55.2 Å². The Morgan fingerprint density at radius 3 is 2.62 bits per heavy atom. The Bertz CT molecular complexity index is 1710. The lowest BCUT2D eigenvalue weighted by molar-refractivity contribution is -0.130. The van der Waals surface area contributed by atoms with E-state index in [1.165, 1.54) is 4.90 Å². The van der Waals surface area contributed by atoms with Crippen molar-refractivity contribution in [2.24, 2.45) is 11.8 Å². The maximum Gasteiger partial charge on any atom is 0.250 e. The molecule has 8 nitrogen and oxygen atoms in total. The summed E-state index contributed by atoms with van der Waals surface area (Å²) in [5.74, 6) is -2.06. The molecule has 7 rings (SSSR count). The molecule has 4 aromatic rings. The Balaban J connectivity index is 1.39. The Morgan fingerprint density at radius 2 is 1.79 bits per heavy atom. The van der Waals surface area contributed by atoms with Crippen LogP contribution in [0.15, 0.2) is 66.9 Å². The molecular formula is C31H28N4O4. The Labute approximate surface area is 225 Å². The molecule has 39 heavy (non-hydrogen) atoms. The number of carbonyl (C=O) groups is 3. The molecule has 196 valence electrons. The molecule has 1 spiro atoms. The third-order valence-electron chi connectivity index (χ3n) is 8.85. The average Bonchev–Trinajstić information content (AvgIpc) is 3.65. The minimum atomic E-state index is -1.35. The van der Waals surface area contributed by atoms with E-state index in [1.807, 2.05) is 56.4 Å². The number of benzene rings is 3. The molecule has 1 aromatic heterocycles. The van der Waals surface area contributed by atoms with Gasteiger partial charge in [0.25, 0.3) is 0 Å². The first-order valence-electron chi connectivity index (χ1n) is 13.1. The molecule has 0 radical (unpaired) electrons. The van der Waals surface area contributed by atoms with Crippen LogP contribution in [0.2, 0.25) is 0 Å². The smallest absolute Gasteiger partial charge is 0.250 e. The Morgan fingerprint density at radius 1 is 0.974 bits per heavy atom. The number of amides is 3. The number of aromatic nitrogens is 1. The summed E-state index contributed by atoms with van der Waals surface area (Å²) in [6.07, 6.45) is 2.43. The number of methoxy groups -OCH3 is 1. The number of nitrogens with one attached hydrogen (secondary N) is 3. The standard InChI is InChI=1S/C31H28N4O4/c1-16-11-12-22-27(17(16)2)33-30(38)31(22)26-25(24(34-31)13-18-15-32-23-10-5-4-9-21(18)23)28(36)35(29(26)37)19-7-6-8-20(14-19)39-3/h4-12,14-15,24-26,32,34H,13H2,1-3H3,(H,33,38)/t24-,25+,26-,31+/m0/s1. The van der Waals surface area contributed by atoms with Gasteiger partial charge >= 0.3 is 0 Å². The fourth-order valence-electron chi connectivity index (χ4n) is 6.84. The van der Waals surface area contributed by atoms with Gasteiger partial charge in [-0.2, -0.15) is 0 Å². The summed E-state index contributed by atoms with van der Waals surface area (Å²) < 4.78 is 5.36. The van der Waals surface area contributed by atoms with Crippen LogP contribution in [0.3, 0.4) is 0 Å². The molecule has 0 saturated carbocycles. The third kappa shape index (κ3) is 3.12. The number of hydrogen-bond acceptors (Lipinski definition) is 5. The van der Waals surface area contributed by atoms with E-state index in [2.05, 4.69) is 15.6 Å². The number of para-hydroxylation sites is 1. The van der Waals surface area contributed by atoms with Crippen LogP contribution in [-0.4, -0.2) is 35.9 Å². The predicted octanol–water partition coefficient (Wildman–Crippen LogP) is 3.96. The topological polar surface area (TPSA) is 104 Å². The van der Waals surface area contributed by atoms with Gasteiger partial charge in [0.1, 0.15) is 11.3 Å². The summed E-state index contributed by atoms with van der Waals surface area (Å²) in [5.41, 5.74) is 4.56. The first-order valence-corrected chi connectivity index (χ1v) is 13.1. The van der Waals surface area contributed by atoms with Gasteiger partial charge in [-0.1, -0.05) is 36.4 Å². The summed E-state index contributed by atoms with van der Waals surface area (Å²) in [5, 5.41) is 7.68. The monoisotopic (exact) mass is 520 g/mol. The van der Waals surface area contributed by atoms with Crippen LogP contribution < -0.4 is 20.3 Å². The van der Waals surface area contributed by atoms with Crippen molar-refractivity contribution in [3.05, 3.63) is 89.1 Å². The quantitative estimate of drug-likeness (QED) is 0.354. The van der Waals surface area contributed by atoms with Crippen LogP contribution in [0.4, 0.5) is 11.4 Å². The molecule has 3 amide bonds. The van der Waals surface area contributed by atoms with E-state index in [0.29, 0.717) is 17.9 Å². The van der Waals surface area contributed by atoms with Crippen molar-refractivity contribution >= 4 is 40.0 Å². The second-order valence-corrected chi connectivity index (χ2v) is 10.7. The van der Waals surface area contributed by atoms with Crippen molar-refractivity contribution in [3.8, 4) is 5.75 Å². The number of carbonyl (C=O) groups excluding carboxylic acids is 3. The second-order valence-electron chi connectivity index (χ2n) is 10.7. The average molecular weight is 521 g/mol. The molecule has 3 N–H and O–H groups in total. The van der Waals surface area contributed by atoms with Gasteiger partial charge < -0.3 is 15.0 Å². The molecule has 4 heterocycles. The van der Waals surface area contributed by atoms with Crippen LogP contribution in [0.5, 0.6) is 5.75 Å².